The van der Waals surface area contributed by atoms with Crippen LogP contribution in [0.25, 0.3) is 0 Å². The van der Waals surface area contributed by atoms with Crippen LogP contribution in [-0.4, -0.2) is 12.6 Å². The molecule has 2 atom stereocenters. The first-order valence-electron chi connectivity index (χ1n) is 5.85. The Morgan fingerprint density at radius 1 is 1.44 bits per heavy atom. The number of rotatable bonds is 6. The van der Waals surface area contributed by atoms with Crippen molar-refractivity contribution in [2.75, 3.05) is 6.61 Å². The largest absolute Gasteiger partial charge is 0.490 e. The van der Waals surface area contributed by atoms with Crippen molar-refractivity contribution in [3.05, 3.63) is 42.5 Å². The molecule has 1 saturated carbocycles. The maximum atomic E-state index is 5.43. The fourth-order valence-corrected chi connectivity index (χ4v) is 1.71. The quantitative estimate of drug-likeness (QED) is 0.740. The second-order valence-corrected chi connectivity index (χ2v) is 4.44. The molecule has 2 rings (SSSR count). The summed E-state index contributed by atoms with van der Waals surface area (Å²) in [7, 11) is 0. The lowest BCUT2D eigenvalue weighted by atomic mass is 10.2. The number of ether oxygens (including phenoxy) is 1. The summed E-state index contributed by atoms with van der Waals surface area (Å²) in [6.07, 6.45) is 3.07. The molecule has 1 aromatic rings. The van der Waals surface area contributed by atoms with Gasteiger partial charge in [-0.1, -0.05) is 31.7 Å². The summed E-state index contributed by atoms with van der Waals surface area (Å²) in [5.74, 6) is 1.76. The molecule has 0 spiro atoms. The van der Waals surface area contributed by atoms with Crippen LogP contribution in [0, 0.1) is 5.92 Å². The molecule has 2 heteroatoms. The van der Waals surface area contributed by atoms with Crippen molar-refractivity contribution in [1.29, 1.82) is 0 Å². The molecule has 0 aromatic heterocycles. The Morgan fingerprint density at radius 3 is 2.69 bits per heavy atom. The predicted octanol–water partition coefficient (Wildman–Crippen LogP) is 2.75. The molecule has 1 aliphatic rings. The molecular formula is C14H19NO. The van der Waals surface area contributed by atoms with Gasteiger partial charge in [-0.25, -0.2) is 0 Å². The van der Waals surface area contributed by atoms with Crippen LogP contribution < -0.4 is 10.1 Å². The van der Waals surface area contributed by atoms with E-state index in [1.165, 1.54) is 12.0 Å². The number of benzene rings is 1. The normalized spacial score (nSPS) is 22.8. The molecule has 0 aliphatic heterocycles. The van der Waals surface area contributed by atoms with E-state index in [1.54, 1.807) is 6.08 Å². The van der Waals surface area contributed by atoms with Crippen LogP contribution in [0.3, 0.4) is 0 Å². The van der Waals surface area contributed by atoms with E-state index in [0.717, 1.165) is 24.3 Å². The highest BCUT2D eigenvalue weighted by Gasteiger charge is 2.31. The Hall–Kier alpha value is -1.28. The van der Waals surface area contributed by atoms with Crippen LogP contribution in [0.1, 0.15) is 18.9 Å². The number of hydrogen-bond acceptors (Lipinski definition) is 2. The Kier molecular flexibility index (Phi) is 3.62. The van der Waals surface area contributed by atoms with Crippen LogP contribution in [0.15, 0.2) is 36.9 Å². The van der Waals surface area contributed by atoms with Gasteiger partial charge in [-0.3, -0.25) is 0 Å². The van der Waals surface area contributed by atoms with Crippen molar-refractivity contribution in [3.8, 4) is 5.75 Å². The van der Waals surface area contributed by atoms with E-state index in [0.29, 0.717) is 6.61 Å². The van der Waals surface area contributed by atoms with Gasteiger partial charge in [0.15, 0.2) is 0 Å². The molecule has 16 heavy (non-hydrogen) atoms. The molecule has 2 nitrogen and oxygen atoms in total. The third-order valence-corrected chi connectivity index (χ3v) is 2.97. The number of nitrogens with one attached hydrogen (secondary N) is 1. The fourth-order valence-electron chi connectivity index (χ4n) is 1.71. The molecule has 2 unspecified atom stereocenters. The molecule has 0 heterocycles. The zero-order chi connectivity index (χ0) is 11.4. The standard InChI is InChI=1S/C14H19NO/c1-3-8-16-13-6-4-12(5-7-13)10-15-14-9-11(14)2/h3-7,11,14-15H,1,8-10H2,2H3. The SMILES string of the molecule is C=CCOc1ccc(CNC2CC2C)cc1. The zero-order valence-corrected chi connectivity index (χ0v) is 9.78. The lowest BCUT2D eigenvalue weighted by Gasteiger charge is -2.06. The van der Waals surface area contributed by atoms with Gasteiger partial charge in [-0.15, -0.1) is 0 Å². The molecule has 1 aliphatic carbocycles. The Bertz CT molecular complexity index is 344. The topological polar surface area (TPSA) is 21.3 Å². The van der Waals surface area contributed by atoms with E-state index in [2.05, 4.69) is 31.0 Å². The van der Waals surface area contributed by atoms with Crippen molar-refractivity contribution in [1.82, 2.24) is 5.32 Å². The zero-order valence-electron chi connectivity index (χ0n) is 9.78. The Morgan fingerprint density at radius 2 is 2.12 bits per heavy atom. The molecule has 1 N–H and O–H groups in total. The summed E-state index contributed by atoms with van der Waals surface area (Å²) in [4.78, 5) is 0. The lowest BCUT2D eigenvalue weighted by Crippen LogP contribution is -2.16. The molecule has 0 radical (unpaired) electrons. The van der Waals surface area contributed by atoms with E-state index in [9.17, 15) is 0 Å². The van der Waals surface area contributed by atoms with Gasteiger partial charge >= 0.3 is 0 Å². The van der Waals surface area contributed by atoms with E-state index in [4.69, 9.17) is 4.74 Å². The second kappa shape index (κ2) is 5.17. The van der Waals surface area contributed by atoms with Gasteiger partial charge in [0.25, 0.3) is 0 Å². The maximum absolute atomic E-state index is 5.43. The molecule has 0 amide bonds. The fraction of sp³-hybridized carbons (Fsp3) is 0.429. The third kappa shape index (κ3) is 3.11. The molecule has 86 valence electrons. The molecular weight excluding hydrogens is 198 g/mol. The molecule has 1 fully saturated rings. The first-order valence-corrected chi connectivity index (χ1v) is 5.85. The minimum Gasteiger partial charge on any atom is -0.490 e. The van der Waals surface area contributed by atoms with Crippen LogP contribution in [0.4, 0.5) is 0 Å². The maximum Gasteiger partial charge on any atom is 0.119 e. The van der Waals surface area contributed by atoms with Gasteiger partial charge in [0.05, 0.1) is 0 Å². The first kappa shape index (κ1) is 11.2. The van der Waals surface area contributed by atoms with Crippen LogP contribution in [-0.2, 0) is 6.54 Å². The van der Waals surface area contributed by atoms with E-state index in [1.807, 2.05) is 12.1 Å². The number of hydrogen-bond donors (Lipinski definition) is 1. The van der Waals surface area contributed by atoms with Gasteiger partial charge < -0.3 is 10.1 Å². The summed E-state index contributed by atoms with van der Waals surface area (Å²) in [6.45, 7) is 7.42. The minimum absolute atomic E-state index is 0.567. The summed E-state index contributed by atoms with van der Waals surface area (Å²) >= 11 is 0. The minimum atomic E-state index is 0.567. The van der Waals surface area contributed by atoms with Gasteiger partial charge in [0, 0.05) is 12.6 Å². The van der Waals surface area contributed by atoms with Crippen molar-refractivity contribution in [2.24, 2.45) is 5.92 Å². The smallest absolute Gasteiger partial charge is 0.119 e. The summed E-state index contributed by atoms with van der Waals surface area (Å²) in [6, 6.07) is 8.97. The molecule has 0 saturated heterocycles. The van der Waals surface area contributed by atoms with Gasteiger partial charge in [0.2, 0.25) is 0 Å². The summed E-state index contributed by atoms with van der Waals surface area (Å²) in [5, 5.41) is 3.53. The summed E-state index contributed by atoms with van der Waals surface area (Å²) < 4.78 is 5.43. The van der Waals surface area contributed by atoms with Gasteiger partial charge in [-0.2, -0.15) is 0 Å². The van der Waals surface area contributed by atoms with Crippen molar-refractivity contribution < 1.29 is 4.74 Å². The van der Waals surface area contributed by atoms with E-state index < -0.39 is 0 Å². The van der Waals surface area contributed by atoms with Gasteiger partial charge in [-0.05, 0) is 30.0 Å². The third-order valence-electron chi connectivity index (χ3n) is 2.97. The van der Waals surface area contributed by atoms with Crippen molar-refractivity contribution in [2.45, 2.75) is 25.9 Å². The van der Waals surface area contributed by atoms with Crippen LogP contribution in [0.2, 0.25) is 0 Å². The lowest BCUT2D eigenvalue weighted by molar-refractivity contribution is 0.363. The second-order valence-electron chi connectivity index (χ2n) is 4.44. The highest BCUT2D eigenvalue weighted by Crippen LogP contribution is 2.29. The van der Waals surface area contributed by atoms with E-state index >= 15 is 0 Å². The monoisotopic (exact) mass is 217 g/mol. The highest BCUT2D eigenvalue weighted by molar-refractivity contribution is 5.27. The predicted molar refractivity (Wildman–Crippen MR) is 66.5 cm³/mol. The van der Waals surface area contributed by atoms with Crippen molar-refractivity contribution >= 4 is 0 Å². The van der Waals surface area contributed by atoms with Crippen LogP contribution in [0.5, 0.6) is 5.75 Å². The van der Waals surface area contributed by atoms with Crippen molar-refractivity contribution in [3.63, 3.8) is 0 Å². The van der Waals surface area contributed by atoms with Crippen LogP contribution >= 0.6 is 0 Å². The average molecular weight is 217 g/mol. The molecule has 0 bridgehead atoms. The van der Waals surface area contributed by atoms with E-state index in [-0.39, 0.29) is 0 Å². The Labute approximate surface area is 97.3 Å². The highest BCUT2D eigenvalue weighted by atomic mass is 16.5. The average Bonchev–Trinajstić information content (AvgIpc) is 3.01. The summed E-state index contributed by atoms with van der Waals surface area (Å²) in [5.41, 5.74) is 1.31. The van der Waals surface area contributed by atoms with Gasteiger partial charge in [0.1, 0.15) is 12.4 Å². The first-order chi connectivity index (χ1) is 7.79. The molecule has 1 aromatic carbocycles. The Balaban J connectivity index is 1.79.